The maximum atomic E-state index is 5.56. The number of para-hydroxylation sites is 1. The van der Waals surface area contributed by atoms with Crippen LogP contribution >= 0.6 is 0 Å². The number of likely N-dealkylation sites (N-methyl/N-ethyl adjacent to an activating group) is 1. The average Bonchev–Trinajstić information content (AvgIpc) is 2.61. The van der Waals surface area contributed by atoms with Crippen molar-refractivity contribution >= 4 is 5.96 Å². The van der Waals surface area contributed by atoms with Gasteiger partial charge >= 0.3 is 0 Å². The summed E-state index contributed by atoms with van der Waals surface area (Å²) in [6, 6.07) is 8.42. The molecule has 25 heavy (non-hydrogen) atoms. The smallest absolute Gasteiger partial charge is 0.193 e. The number of piperidine rings is 1. The highest BCUT2D eigenvalue weighted by Gasteiger charge is 2.21. The minimum absolute atomic E-state index is 0.187. The molecule has 1 heterocycles. The second-order valence-corrected chi connectivity index (χ2v) is 7.11. The standard InChI is InChI=1S/C20H34N4O/c1-6-21-20(24-13-9-10-16(2)15-24)22-14-18(23(3)4)17-11-7-8-12-19(17)25-5/h7-8,11-12,16,18H,6,9-10,13-15H2,1-5H3,(H,21,22). The minimum atomic E-state index is 0.187. The second-order valence-electron chi connectivity index (χ2n) is 7.11. The van der Waals surface area contributed by atoms with Crippen LogP contribution < -0.4 is 10.1 Å². The number of hydrogen-bond donors (Lipinski definition) is 1. The van der Waals surface area contributed by atoms with Gasteiger partial charge in [0.2, 0.25) is 0 Å². The predicted molar refractivity (Wildman–Crippen MR) is 105 cm³/mol. The van der Waals surface area contributed by atoms with Gasteiger partial charge in [-0.05, 0) is 45.8 Å². The third-order valence-electron chi connectivity index (χ3n) is 4.83. The Morgan fingerprint density at radius 2 is 2.16 bits per heavy atom. The number of guanidine groups is 1. The summed E-state index contributed by atoms with van der Waals surface area (Å²) < 4.78 is 5.56. The van der Waals surface area contributed by atoms with E-state index in [-0.39, 0.29) is 6.04 Å². The van der Waals surface area contributed by atoms with Crippen LogP contribution in [0.15, 0.2) is 29.3 Å². The summed E-state index contributed by atoms with van der Waals surface area (Å²) in [6.45, 7) is 8.25. The number of ether oxygens (including phenoxy) is 1. The molecule has 1 aromatic rings. The van der Waals surface area contributed by atoms with Gasteiger partial charge in [0.15, 0.2) is 5.96 Å². The molecule has 5 nitrogen and oxygen atoms in total. The van der Waals surface area contributed by atoms with Gasteiger partial charge in [-0.25, -0.2) is 0 Å². The lowest BCUT2D eigenvalue weighted by molar-refractivity contribution is 0.262. The van der Waals surface area contributed by atoms with Gasteiger partial charge in [-0.15, -0.1) is 0 Å². The molecule has 2 rings (SSSR count). The molecule has 0 bridgehead atoms. The quantitative estimate of drug-likeness (QED) is 0.635. The van der Waals surface area contributed by atoms with Crippen LogP contribution in [0, 0.1) is 5.92 Å². The summed E-state index contributed by atoms with van der Waals surface area (Å²) >= 11 is 0. The Morgan fingerprint density at radius 1 is 1.40 bits per heavy atom. The molecule has 140 valence electrons. The summed E-state index contributed by atoms with van der Waals surface area (Å²) in [5.41, 5.74) is 1.18. The van der Waals surface area contributed by atoms with Gasteiger partial charge < -0.3 is 19.9 Å². The van der Waals surface area contributed by atoms with Crippen LogP contribution in [0.2, 0.25) is 0 Å². The van der Waals surface area contributed by atoms with E-state index in [1.54, 1.807) is 7.11 Å². The number of hydrogen-bond acceptors (Lipinski definition) is 3. The van der Waals surface area contributed by atoms with Gasteiger partial charge in [0.05, 0.1) is 19.7 Å². The molecule has 1 N–H and O–H groups in total. The fourth-order valence-corrected chi connectivity index (χ4v) is 3.46. The molecule has 5 heteroatoms. The first-order valence-electron chi connectivity index (χ1n) is 9.39. The Kier molecular flexibility index (Phi) is 7.56. The summed E-state index contributed by atoms with van der Waals surface area (Å²) in [5.74, 6) is 2.69. The van der Waals surface area contributed by atoms with Gasteiger partial charge in [0.1, 0.15) is 5.75 Å². The third-order valence-corrected chi connectivity index (χ3v) is 4.83. The van der Waals surface area contributed by atoms with Crippen LogP contribution in [-0.2, 0) is 0 Å². The second kappa shape index (κ2) is 9.66. The number of nitrogens with zero attached hydrogens (tertiary/aromatic N) is 3. The van der Waals surface area contributed by atoms with Crippen molar-refractivity contribution in [3.63, 3.8) is 0 Å². The molecule has 1 aromatic carbocycles. The van der Waals surface area contributed by atoms with Crippen molar-refractivity contribution in [1.29, 1.82) is 0 Å². The molecule has 0 spiro atoms. The monoisotopic (exact) mass is 346 g/mol. The number of benzene rings is 1. The molecule has 0 aromatic heterocycles. The molecule has 1 fully saturated rings. The van der Waals surface area contributed by atoms with E-state index in [0.717, 1.165) is 37.3 Å². The molecule has 2 atom stereocenters. The maximum absolute atomic E-state index is 5.56. The topological polar surface area (TPSA) is 40.1 Å². The molecule has 0 aliphatic carbocycles. The zero-order valence-electron chi connectivity index (χ0n) is 16.5. The fourth-order valence-electron chi connectivity index (χ4n) is 3.46. The molecule has 1 saturated heterocycles. The van der Waals surface area contributed by atoms with Crippen molar-refractivity contribution in [2.45, 2.75) is 32.7 Å². The van der Waals surface area contributed by atoms with Gasteiger partial charge in [0.25, 0.3) is 0 Å². The molecule has 0 radical (unpaired) electrons. The lowest BCUT2D eigenvalue weighted by Crippen LogP contribution is -2.46. The summed E-state index contributed by atoms with van der Waals surface area (Å²) in [7, 11) is 5.93. The van der Waals surface area contributed by atoms with Crippen LogP contribution in [0.1, 0.15) is 38.3 Å². The molecule has 0 amide bonds. The predicted octanol–water partition coefficient (Wildman–Crippen LogP) is 3.00. The molecule has 1 aliphatic heterocycles. The highest BCUT2D eigenvalue weighted by atomic mass is 16.5. The van der Waals surface area contributed by atoms with Crippen LogP contribution in [0.5, 0.6) is 5.75 Å². The highest BCUT2D eigenvalue weighted by Crippen LogP contribution is 2.28. The Morgan fingerprint density at radius 3 is 2.80 bits per heavy atom. The van der Waals surface area contributed by atoms with Gasteiger partial charge in [-0.2, -0.15) is 0 Å². The molecular formula is C20H34N4O. The lowest BCUT2D eigenvalue weighted by Gasteiger charge is -2.34. The average molecular weight is 347 g/mol. The number of methoxy groups -OCH3 is 1. The molecular weight excluding hydrogens is 312 g/mol. The van der Waals surface area contributed by atoms with Crippen molar-refractivity contribution in [2.75, 3.05) is 47.4 Å². The number of likely N-dealkylation sites (tertiary alicyclic amines) is 1. The van der Waals surface area contributed by atoms with Crippen LogP contribution in [0.4, 0.5) is 0 Å². The summed E-state index contributed by atoms with van der Waals surface area (Å²) in [4.78, 5) is 9.60. The van der Waals surface area contributed by atoms with Crippen molar-refractivity contribution < 1.29 is 4.74 Å². The van der Waals surface area contributed by atoms with E-state index >= 15 is 0 Å². The van der Waals surface area contributed by atoms with E-state index in [1.165, 1.54) is 18.4 Å². The van der Waals surface area contributed by atoms with E-state index in [9.17, 15) is 0 Å². The largest absolute Gasteiger partial charge is 0.496 e. The lowest BCUT2D eigenvalue weighted by atomic mass is 10.0. The number of nitrogens with one attached hydrogen (secondary N) is 1. The Balaban J connectivity index is 2.19. The SMILES string of the molecule is CCNC(=NCC(c1ccccc1OC)N(C)C)N1CCCC(C)C1. The van der Waals surface area contributed by atoms with E-state index in [1.807, 2.05) is 12.1 Å². The van der Waals surface area contributed by atoms with E-state index in [2.05, 4.69) is 55.2 Å². The Labute approximate surface area is 153 Å². The zero-order valence-corrected chi connectivity index (χ0v) is 16.5. The summed E-state index contributed by atoms with van der Waals surface area (Å²) in [6.07, 6.45) is 2.56. The third kappa shape index (κ3) is 5.36. The maximum Gasteiger partial charge on any atom is 0.193 e. The Hall–Kier alpha value is -1.75. The van der Waals surface area contributed by atoms with Crippen molar-refractivity contribution in [2.24, 2.45) is 10.9 Å². The Bertz CT molecular complexity index is 558. The fraction of sp³-hybridized carbons (Fsp3) is 0.650. The minimum Gasteiger partial charge on any atom is -0.496 e. The van der Waals surface area contributed by atoms with Crippen molar-refractivity contribution in [3.05, 3.63) is 29.8 Å². The zero-order chi connectivity index (χ0) is 18.2. The number of rotatable bonds is 6. The molecule has 0 saturated carbocycles. The van der Waals surface area contributed by atoms with E-state index < -0.39 is 0 Å². The number of aliphatic imine (C=N–C) groups is 1. The van der Waals surface area contributed by atoms with Gasteiger partial charge in [-0.3, -0.25) is 4.99 Å². The van der Waals surface area contributed by atoms with Crippen molar-refractivity contribution in [1.82, 2.24) is 15.1 Å². The van der Waals surface area contributed by atoms with Crippen LogP contribution in [0.25, 0.3) is 0 Å². The first-order valence-corrected chi connectivity index (χ1v) is 9.39. The van der Waals surface area contributed by atoms with Crippen LogP contribution in [0.3, 0.4) is 0 Å². The molecule has 1 aliphatic rings. The summed E-state index contributed by atoms with van der Waals surface area (Å²) in [5, 5.41) is 3.47. The van der Waals surface area contributed by atoms with Gasteiger partial charge in [-0.1, -0.05) is 25.1 Å². The first-order chi connectivity index (χ1) is 12.1. The molecule has 2 unspecified atom stereocenters. The van der Waals surface area contributed by atoms with Crippen molar-refractivity contribution in [3.8, 4) is 5.75 Å². The van der Waals surface area contributed by atoms with E-state index in [0.29, 0.717) is 6.54 Å². The van der Waals surface area contributed by atoms with Crippen LogP contribution in [-0.4, -0.2) is 63.1 Å². The first kappa shape index (κ1) is 19.6. The van der Waals surface area contributed by atoms with E-state index in [4.69, 9.17) is 9.73 Å². The normalized spacial score (nSPS) is 19.8. The highest BCUT2D eigenvalue weighted by molar-refractivity contribution is 5.80. The van der Waals surface area contributed by atoms with Gasteiger partial charge in [0, 0.05) is 25.2 Å².